The van der Waals surface area contributed by atoms with Gasteiger partial charge in [-0.25, -0.2) is 10.4 Å². The van der Waals surface area contributed by atoms with Gasteiger partial charge in [0.15, 0.2) is 0 Å². The normalized spacial score (nSPS) is 12.2. The van der Waals surface area contributed by atoms with Gasteiger partial charge >= 0.3 is 0 Å². The molecule has 0 fully saturated rings. The number of halogens is 1. The maximum Gasteiger partial charge on any atom is 0.257 e. The second-order valence-corrected chi connectivity index (χ2v) is 4.55. The molecular formula is C12H16ClN7. The van der Waals surface area contributed by atoms with Gasteiger partial charge in [-0.3, -0.25) is 10.7 Å². The number of anilines is 1. The summed E-state index contributed by atoms with van der Waals surface area (Å²) in [5, 5.41) is 11.6. The molecular weight excluding hydrogens is 278 g/mol. The number of rotatable bonds is 5. The molecule has 2 rings (SSSR count). The fourth-order valence-corrected chi connectivity index (χ4v) is 1.67. The maximum absolute atomic E-state index is 5.86. The van der Waals surface area contributed by atoms with E-state index in [1.54, 1.807) is 19.2 Å². The third-order valence-corrected chi connectivity index (χ3v) is 2.88. The van der Waals surface area contributed by atoms with Crippen molar-refractivity contribution < 1.29 is 0 Å². The van der Waals surface area contributed by atoms with Crippen molar-refractivity contribution in [1.29, 1.82) is 0 Å². The zero-order valence-electron chi connectivity index (χ0n) is 11.2. The molecule has 0 saturated heterocycles. The monoisotopic (exact) mass is 293 g/mol. The lowest BCUT2D eigenvalue weighted by Crippen LogP contribution is -2.50. The fourth-order valence-electron chi connectivity index (χ4n) is 1.55. The second kappa shape index (κ2) is 6.58. The molecule has 0 aliphatic carbocycles. The van der Waals surface area contributed by atoms with Crippen LogP contribution in [0.25, 0.3) is 11.3 Å². The molecule has 0 spiro atoms. The lowest BCUT2D eigenvalue weighted by molar-refractivity contribution is 0.506. The van der Waals surface area contributed by atoms with Crippen LogP contribution >= 0.6 is 11.6 Å². The average Bonchev–Trinajstić information content (AvgIpc) is 2.46. The average molecular weight is 294 g/mol. The minimum Gasteiger partial charge on any atom is -0.302 e. The van der Waals surface area contributed by atoms with Crippen molar-refractivity contribution in [1.82, 2.24) is 25.9 Å². The third-order valence-electron chi connectivity index (χ3n) is 2.63. The highest BCUT2D eigenvalue weighted by atomic mass is 35.5. The lowest BCUT2D eigenvalue weighted by atomic mass is 10.1. The third kappa shape index (κ3) is 3.61. The Morgan fingerprint density at radius 3 is 2.50 bits per heavy atom. The molecule has 1 unspecified atom stereocenters. The number of nitrogens with zero attached hydrogens (tertiary/aromatic N) is 3. The van der Waals surface area contributed by atoms with Crippen molar-refractivity contribution in [2.45, 2.75) is 13.2 Å². The number of hydrogen-bond acceptors (Lipinski definition) is 7. The molecule has 0 saturated carbocycles. The van der Waals surface area contributed by atoms with Gasteiger partial charge in [0.2, 0.25) is 0 Å². The van der Waals surface area contributed by atoms with Crippen LogP contribution < -0.4 is 21.9 Å². The minimum absolute atomic E-state index is 0.353. The van der Waals surface area contributed by atoms with Crippen molar-refractivity contribution in [2.24, 2.45) is 5.73 Å². The van der Waals surface area contributed by atoms with Gasteiger partial charge in [-0.05, 0) is 26.1 Å². The molecule has 20 heavy (non-hydrogen) atoms. The van der Waals surface area contributed by atoms with Crippen molar-refractivity contribution in [3.8, 4) is 11.3 Å². The fraction of sp³-hybridized carbons (Fsp3) is 0.250. The van der Waals surface area contributed by atoms with Gasteiger partial charge in [-0.2, -0.15) is 0 Å². The highest BCUT2D eigenvalue weighted by molar-refractivity contribution is 6.30. The standard InChI is InChI=1S/C12H16ClN7/c1-7-10(8-3-5-9(13)6-4-8)17-19-12(16-7)20-18-11(14)15-2/h3-6,11,15,18H,14H2,1-2H3,(H,16,19,20). The summed E-state index contributed by atoms with van der Waals surface area (Å²) in [6.07, 6.45) is -0.408. The number of nitrogens with one attached hydrogen (secondary N) is 3. The van der Waals surface area contributed by atoms with Crippen LogP contribution in [-0.4, -0.2) is 28.5 Å². The maximum atomic E-state index is 5.86. The smallest absolute Gasteiger partial charge is 0.257 e. The Kier molecular flexibility index (Phi) is 4.80. The van der Waals surface area contributed by atoms with Gasteiger partial charge in [0.05, 0.1) is 5.69 Å². The molecule has 1 atom stereocenters. The number of benzene rings is 1. The Morgan fingerprint density at radius 1 is 1.20 bits per heavy atom. The van der Waals surface area contributed by atoms with Gasteiger partial charge < -0.3 is 5.73 Å². The van der Waals surface area contributed by atoms with E-state index in [2.05, 4.69) is 31.3 Å². The van der Waals surface area contributed by atoms with Gasteiger partial charge in [-0.15, -0.1) is 10.2 Å². The summed E-state index contributed by atoms with van der Waals surface area (Å²) < 4.78 is 0. The molecule has 8 heteroatoms. The Bertz CT molecular complexity index is 573. The van der Waals surface area contributed by atoms with Gasteiger partial charge in [-0.1, -0.05) is 23.7 Å². The summed E-state index contributed by atoms with van der Waals surface area (Å²) in [7, 11) is 1.73. The second-order valence-electron chi connectivity index (χ2n) is 4.11. The first-order valence-electron chi connectivity index (χ1n) is 6.02. The van der Waals surface area contributed by atoms with Crippen LogP contribution in [0.1, 0.15) is 5.69 Å². The Morgan fingerprint density at radius 2 is 1.90 bits per heavy atom. The highest BCUT2D eigenvalue weighted by Crippen LogP contribution is 2.21. The molecule has 5 N–H and O–H groups in total. The van der Waals surface area contributed by atoms with Crippen LogP contribution in [0, 0.1) is 6.92 Å². The predicted octanol–water partition coefficient (Wildman–Crippen LogP) is 0.879. The van der Waals surface area contributed by atoms with Gasteiger partial charge in [0, 0.05) is 10.6 Å². The Hall–Kier alpha value is -1.80. The van der Waals surface area contributed by atoms with Crippen LogP contribution in [0.3, 0.4) is 0 Å². The molecule has 2 aromatic rings. The van der Waals surface area contributed by atoms with E-state index in [0.29, 0.717) is 16.7 Å². The van der Waals surface area contributed by atoms with Crippen LogP contribution in [0.15, 0.2) is 24.3 Å². The summed E-state index contributed by atoms with van der Waals surface area (Å²) in [4.78, 5) is 4.31. The van der Waals surface area contributed by atoms with Crippen LogP contribution in [0.4, 0.5) is 5.95 Å². The van der Waals surface area contributed by atoms with E-state index in [1.807, 2.05) is 19.1 Å². The number of hydrazine groups is 1. The summed E-state index contributed by atoms with van der Waals surface area (Å²) in [5.41, 5.74) is 13.6. The van der Waals surface area contributed by atoms with Crippen LogP contribution in [-0.2, 0) is 0 Å². The number of nitrogens with two attached hydrogens (primary N) is 1. The molecule has 0 aliphatic rings. The molecule has 0 aliphatic heterocycles. The summed E-state index contributed by atoms with van der Waals surface area (Å²) in [6, 6.07) is 7.36. The van der Waals surface area contributed by atoms with Crippen LogP contribution in [0.2, 0.25) is 5.02 Å². The van der Waals surface area contributed by atoms with E-state index in [1.165, 1.54) is 0 Å². The SMILES string of the molecule is CNC(N)NNc1nnc(-c2ccc(Cl)cc2)c(C)n1. The van der Waals surface area contributed by atoms with Crippen molar-refractivity contribution in [3.63, 3.8) is 0 Å². The first-order valence-corrected chi connectivity index (χ1v) is 6.39. The van der Waals surface area contributed by atoms with Gasteiger partial charge in [0.25, 0.3) is 5.95 Å². The molecule has 1 aromatic heterocycles. The first kappa shape index (κ1) is 14.6. The van der Waals surface area contributed by atoms with E-state index in [9.17, 15) is 0 Å². The molecule has 0 radical (unpaired) electrons. The minimum atomic E-state index is -0.408. The Labute approximate surface area is 121 Å². The quantitative estimate of drug-likeness (QED) is 0.479. The molecule has 7 nitrogen and oxygen atoms in total. The molecule has 0 bridgehead atoms. The van der Waals surface area contributed by atoms with Crippen molar-refractivity contribution in [2.75, 3.05) is 12.5 Å². The molecule has 1 aromatic carbocycles. The molecule has 0 amide bonds. The van der Waals surface area contributed by atoms with Crippen molar-refractivity contribution in [3.05, 3.63) is 35.0 Å². The number of hydrogen-bond donors (Lipinski definition) is 4. The lowest BCUT2D eigenvalue weighted by Gasteiger charge is -2.13. The van der Waals surface area contributed by atoms with Gasteiger partial charge in [0.1, 0.15) is 12.0 Å². The van der Waals surface area contributed by atoms with E-state index in [0.717, 1.165) is 11.3 Å². The predicted molar refractivity (Wildman–Crippen MR) is 78.8 cm³/mol. The van der Waals surface area contributed by atoms with Crippen molar-refractivity contribution >= 4 is 17.5 Å². The molecule has 106 valence electrons. The highest BCUT2D eigenvalue weighted by Gasteiger charge is 2.08. The topological polar surface area (TPSA) is 101 Å². The molecule has 1 heterocycles. The van der Waals surface area contributed by atoms with Crippen LogP contribution in [0.5, 0.6) is 0 Å². The van der Waals surface area contributed by atoms with E-state index < -0.39 is 6.29 Å². The summed E-state index contributed by atoms with van der Waals surface area (Å²) >= 11 is 5.86. The number of aryl methyl sites for hydroxylation is 1. The largest absolute Gasteiger partial charge is 0.302 e. The van der Waals surface area contributed by atoms with E-state index in [-0.39, 0.29) is 0 Å². The first-order chi connectivity index (χ1) is 9.60. The van der Waals surface area contributed by atoms with E-state index in [4.69, 9.17) is 17.3 Å². The zero-order valence-corrected chi connectivity index (χ0v) is 11.9. The Balaban J connectivity index is 2.15. The number of aromatic nitrogens is 3. The summed E-state index contributed by atoms with van der Waals surface area (Å²) in [6.45, 7) is 1.86. The van der Waals surface area contributed by atoms with E-state index >= 15 is 0 Å². The zero-order chi connectivity index (χ0) is 14.5. The summed E-state index contributed by atoms with van der Waals surface area (Å²) in [5.74, 6) is 0.353.